The van der Waals surface area contributed by atoms with Gasteiger partial charge >= 0.3 is 0 Å². The van der Waals surface area contributed by atoms with Crippen molar-refractivity contribution in [2.75, 3.05) is 19.8 Å². The topological polar surface area (TPSA) is 73.3 Å². The number of para-hydroxylation sites is 2. The van der Waals surface area contributed by atoms with Crippen LogP contribution >= 0.6 is 11.3 Å². The molecule has 0 saturated carbocycles. The fourth-order valence-electron chi connectivity index (χ4n) is 3.34. The number of fused-ring (bicyclic) bond motifs is 1. The molecule has 0 aliphatic rings. The second-order valence-electron chi connectivity index (χ2n) is 7.13. The van der Waals surface area contributed by atoms with Crippen molar-refractivity contribution in [3.05, 3.63) is 71.9 Å². The zero-order valence-electron chi connectivity index (χ0n) is 17.9. The first-order valence-corrected chi connectivity index (χ1v) is 11.5. The van der Waals surface area contributed by atoms with E-state index in [0.717, 1.165) is 38.7 Å². The molecule has 6 nitrogen and oxygen atoms in total. The van der Waals surface area contributed by atoms with Gasteiger partial charge in [0.2, 0.25) is 5.91 Å². The molecule has 0 aliphatic carbocycles. The number of amides is 1. The molecule has 2 aromatic heterocycles. The molecule has 1 N–H and O–H groups in total. The van der Waals surface area contributed by atoms with E-state index in [9.17, 15) is 4.79 Å². The van der Waals surface area contributed by atoms with Gasteiger partial charge in [-0.2, -0.15) is 0 Å². The molecular weight excluding hydrogens is 422 g/mol. The Morgan fingerprint density at radius 3 is 2.78 bits per heavy atom. The molecule has 0 radical (unpaired) electrons. The summed E-state index contributed by atoms with van der Waals surface area (Å²) in [5.41, 5.74) is 2.56. The summed E-state index contributed by atoms with van der Waals surface area (Å²) in [4.78, 5) is 21.3. The van der Waals surface area contributed by atoms with Crippen LogP contribution in [-0.4, -0.2) is 35.6 Å². The largest absolute Gasteiger partial charge is 0.493 e. The Hall–Kier alpha value is -3.45. The highest BCUT2D eigenvalue weighted by atomic mass is 32.1. The van der Waals surface area contributed by atoms with Gasteiger partial charge in [-0.3, -0.25) is 9.78 Å². The molecule has 4 rings (SSSR count). The van der Waals surface area contributed by atoms with Crippen molar-refractivity contribution in [1.82, 2.24) is 15.3 Å². The average Bonchev–Trinajstić information content (AvgIpc) is 3.27. The number of aromatic nitrogens is 2. The van der Waals surface area contributed by atoms with Gasteiger partial charge in [-0.1, -0.05) is 30.3 Å². The van der Waals surface area contributed by atoms with Crippen molar-refractivity contribution in [3.8, 4) is 22.1 Å². The first-order chi connectivity index (χ1) is 15.7. The van der Waals surface area contributed by atoms with E-state index in [1.165, 1.54) is 11.3 Å². The maximum Gasteiger partial charge on any atom is 0.226 e. The third-order valence-electron chi connectivity index (χ3n) is 4.81. The third-order valence-corrected chi connectivity index (χ3v) is 5.73. The minimum Gasteiger partial charge on any atom is -0.493 e. The second-order valence-corrected chi connectivity index (χ2v) is 7.99. The van der Waals surface area contributed by atoms with Gasteiger partial charge in [0.05, 0.1) is 30.9 Å². The lowest BCUT2D eigenvalue weighted by atomic mass is 10.2. The van der Waals surface area contributed by atoms with Gasteiger partial charge in [0, 0.05) is 23.5 Å². The lowest BCUT2D eigenvalue weighted by Crippen LogP contribution is -2.27. The fourth-order valence-corrected chi connectivity index (χ4v) is 4.19. The Morgan fingerprint density at radius 2 is 1.88 bits per heavy atom. The monoisotopic (exact) mass is 447 g/mol. The summed E-state index contributed by atoms with van der Waals surface area (Å²) in [7, 11) is 0. The molecule has 7 heteroatoms. The van der Waals surface area contributed by atoms with E-state index >= 15 is 0 Å². The summed E-state index contributed by atoms with van der Waals surface area (Å²) < 4.78 is 11.6. The van der Waals surface area contributed by atoms with Gasteiger partial charge in [-0.25, -0.2) is 4.98 Å². The van der Waals surface area contributed by atoms with E-state index in [2.05, 4.69) is 15.3 Å². The van der Waals surface area contributed by atoms with Gasteiger partial charge < -0.3 is 14.8 Å². The van der Waals surface area contributed by atoms with Crippen LogP contribution in [0.2, 0.25) is 0 Å². The van der Waals surface area contributed by atoms with Crippen LogP contribution in [0.15, 0.2) is 66.2 Å². The number of thiazole rings is 1. The third kappa shape index (κ3) is 5.42. The number of carbonyl (C=O) groups is 1. The van der Waals surface area contributed by atoms with Gasteiger partial charge in [0.25, 0.3) is 0 Å². The molecule has 0 aliphatic heterocycles. The average molecular weight is 448 g/mol. The van der Waals surface area contributed by atoms with E-state index in [1.807, 2.05) is 66.9 Å². The minimum atomic E-state index is -0.0493. The number of benzene rings is 2. The lowest BCUT2D eigenvalue weighted by molar-refractivity contribution is -0.120. The molecule has 0 spiro atoms. The predicted molar refractivity (Wildman–Crippen MR) is 127 cm³/mol. The molecule has 0 atom stereocenters. The molecule has 2 heterocycles. The Kier molecular flexibility index (Phi) is 7.30. The first kappa shape index (κ1) is 21.8. The number of nitrogens with zero attached hydrogens (tertiary/aromatic N) is 2. The first-order valence-electron chi connectivity index (χ1n) is 10.6. The summed E-state index contributed by atoms with van der Waals surface area (Å²) in [6.07, 6.45) is 2.72. The number of pyridine rings is 1. The molecule has 32 heavy (non-hydrogen) atoms. The summed E-state index contributed by atoms with van der Waals surface area (Å²) in [5.74, 6) is 1.52. The molecule has 164 valence electrons. The molecular formula is C25H25N3O3S. The molecule has 0 saturated heterocycles. The maximum absolute atomic E-state index is 12.3. The predicted octanol–water partition coefficient (Wildman–Crippen LogP) is 4.88. The maximum atomic E-state index is 12.3. The SMILES string of the molecule is CCOc1ccccc1-c1nc(CC(=O)NCCCOc2cccc3cccnc23)cs1. The van der Waals surface area contributed by atoms with Gasteiger partial charge in [-0.15, -0.1) is 11.3 Å². The smallest absolute Gasteiger partial charge is 0.226 e. The molecule has 0 fully saturated rings. The summed E-state index contributed by atoms with van der Waals surface area (Å²) in [6, 6.07) is 17.6. The number of carbonyl (C=O) groups excluding carboxylic acids is 1. The van der Waals surface area contributed by atoms with Crippen LogP contribution in [0.25, 0.3) is 21.5 Å². The second kappa shape index (κ2) is 10.7. The van der Waals surface area contributed by atoms with Crippen LogP contribution in [-0.2, 0) is 11.2 Å². The van der Waals surface area contributed by atoms with Crippen molar-refractivity contribution in [2.45, 2.75) is 19.8 Å². The van der Waals surface area contributed by atoms with Crippen molar-refractivity contribution >= 4 is 28.1 Å². The van der Waals surface area contributed by atoms with Crippen LogP contribution in [0.5, 0.6) is 11.5 Å². The number of ether oxygens (including phenoxy) is 2. The molecule has 2 aromatic carbocycles. The van der Waals surface area contributed by atoms with Crippen molar-refractivity contribution < 1.29 is 14.3 Å². The summed E-state index contributed by atoms with van der Waals surface area (Å²) >= 11 is 1.52. The zero-order valence-corrected chi connectivity index (χ0v) is 18.7. The van der Waals surface area contributed by atoms with E-state index < -0.39 is 0 Å². The van der Waals surface area contributed by atoms with E-state index in [0.29, 0.717) is 26.2 Å². The van der Waals surface area contributed by atoms with Gasteiger partial charge in [-0.05, 0) is 37.6 Å². The van der Waals surface area contributed by atoms with E-state index in [1.54, 1.807) is 6.20 Å². The molecule has 4 aromatic rings. The zero-order chi connectivity index (χ0) is 22.2. The van der Waals surface area contributed by atoms with Crippen molar-refractivity contribution in [3.63, 3.8) is 0 Å². The van der Waals surface area contributed by atoms with Crippen LogP contribution in [0.4, 0.5) is 0 Å². The number of hydrogen-bond acceptors (Lipinski definition) is 6. The quantitative estimate of drug-likeness (QED) is 0.351. The van der Waals surface area contributed by atoms with Crippen molar-refractivity contribution in [2.24, 2.45) is 0 Å². The Labute approximate surface area is 191 Å². The number of nitrogens with one attached hydrogen (secondary N) is 1. The van der Waals surface area contributed by atoms with Gasteiger partial charge in [0.1, 0.15) is 22.0 Å². The minimum absolute atomic E-state index is 0.0493. The van der Waals surface area contributed by atoms with Crippen molar-refractivity contribution in [1.29, 1.82) is 0 Å². The van der Waals surface area contributed by atoms with E-state index in [4.69, 9.17) is 9.47 Å². The highest BCUT2D eigenvalue weighted by molar-refractivity contribution is 7.13. The fraction of sp³-hybridized carbons (Fsp3) is 0.240. The Bertz CT molecular complexity index is 1190. The standard InChI is InChI=1S/C25H25N3O3S/c1-2-30-21-11-4-3-10-20(21)25-28-19(17-32-25)16-23(29)26-14-7-15-31-22-12-5-8-18-9-6-13-27-24(18)22/h3-6,8-13,17H,2,7,14-16H2,1H3,(H,26,29). The normalized spacial score (nSPS) is 10.8. The Balaban J connectivity index is 1.24. The Morgan fingerprint density at radius 1 is 1.03 bits per heavy atom. The highest BCUT2D eigenvalue weighted by Crippen LogP contribution is 2.32. The number of hydrogen-bond donors (Lipinski definition) is 1. The molecule has 0 bridgehead atoms. The summed E-state index contributed by atoms with van der Waals surface area (Å²) in [6.45, 7) is 3.60. The van der Waals surface area contributed by atoms with Gasteiger partial charge in [0.15, 0.2) is 0 Å². The molecule has 0 unspecified atom stereocenters. The van der Waals surface area contributed by atoms with Crippen LogP contribution in [0.3, 0.4) is 0 Å². The summed E-state index contributed by atoms with van der Waals surface area (Å²) in [5, 5.41) is 6.77. The van der Waals surface area contributed by atoms with Crippen LogP contribution in [0, 0.1) is 0 Å². The number of rotatable bonds is 10. The van der Waals surface area contributed by atoms with Crippen LogP contribution < -0.4 is 14.8 Å². The van der Waals surface area contributed by atoms with Crippen LogP contribution in [0.1, 0.15) is 19.0 Å². The highest BCUT2D eigenvalue weighted by Gasteiger charge is 2.12. The molecule has 1 amide bonds. The van der Waals surface area contributed by atoms with E-state index in [-0.39, 0.29) is 12.3 Å². The lowest BCUT2D eigenvalue weighted by Gasteiger charge is -2.09.